The first kappa shape index (κ1) is 21.7. The summed E-state index contributed by atoms with van der Waals surface area (Å²) in [5.41, 5.74) is 1.73. The molecule has 0 radical (unpaired) electrons. The molecule has 1 aromatic heterocycles. The topological polar surface area (TPSA) is 93.3 Å². The van der Waals surface area contributed by atoms with Crippen molar-refractivity contribution < 1.29 is 19.1 Å². The summed E-state index contributed by atoms with van der Waals surface area (Å²) in [7, 11) is 0. The van der Waals surface area contributed by atoms with Gasteiger partial charge in [0.05, 0.1) is 23.7 Å². The number of ether oxygens (including phenoxy) is 2. The number of nitrogens with zero attached hydrogens (tertiary/aromatic N) is 1. The Labute approximate surface area is 179 Å². The summed E-state index contributed by atoms with van der Waals surface area (Å²) in [4.78, 5) is 33.1. The van der Waals surface area contributed by atoms with Gasteiger partial charge in [0, 0.05) is 11.4 Å². The average molecular weight is 442 g/mol. The van der Waals surface area contributed by atoms with Gasteiger partial charge < -0.3 is 19.8 Å². The van der Waals surface area contributed by atoms with Crippen LogP contribution in [-0.4, -0.2) is 34.6 Å². The van der Waals surface area contributed by atoms with Crippen molar-refractivity contribution in [3.8, 4) is 0 Å². The zero-order valence-corrected chi connectivity index (χ0v) is 18.2. The highest BCUT2D eigenvalue weighted by Crippen LogP contribution is 2.40. The highest BCUT2D eigenvalue weighted by Gasteiger charge is 2.40. The van der Waals surface area contributed by atoms with Gasteiger partial charge in [-0.15, -0.1) is 0 Å². The number of allylic oxidation sites excluding steroid dienone is 2. The van der Waals surface area contributed by atoms with Crippen molar-refractivity contribution in [3.05, 3.63) is 38.7 Å². The number of nitrogens with one attached hydrogen (secondary N) is 2. The number of rotatable bonds is 5. The van der Waals surface area contributed by atoms with E-state index in [1.165, 1.54) is 0 Å². The second-order valence-corrected chi connectivity index (χ2v) is 7.98. The van der Waals surface area contributed by atoms with Crippen molar-refractivity contribution in [2.75, 3.05) is 6.61 Å². The minimum Gasteiger partial charge on any atom is -0.463 e. The Balaban J connectivity index is 2.02. The molecule has 0 bridgehead atoms. The molecule has 1 fully saturated rings. The normalized spacial score (nSPS) is 20.5. The number of halogens is 2. The Kier molecular flexibility index (Phi) is 6.90. The molecule has 9 heteroatoms. The van der Waals surface area contributed by atoms with Gasteiger partial charge >= 0.3 is 11.9 Å². The minimum atomic E-state index is -0.823. The van der Waals surface area contributed by atoms with Crippen LogP contribution in [0.25, 0.3) is 0 Å². The summed E-state index contributed by atoms with van der Waals surface area (Å²) < 4.78 is 11.0. The van der Waals surface area contributed by atoms with Crippen molar-refractivity contribution in [1.82, 2.24) is 15.3 Å². The number of dihydropyridines is 1. The zero-order valence-electron chi connectivity index (χ0n) is 16.7. The molecular formula is C20H25Cl2N3O4. The van der Waals surface area contributed by atoms with Gasteiger partial charge in [-0.3, -0.25) is 0 Å². The first-order chi connectivity index (χ1) is 13.8. The molecule has 0 aromatic carbocycles. The van der Waals surface area contributed by atoms with Crippen LogP contribution in [-0.2, 0) is 19.1 Å². The van der Waals surface area contributed by atoms with E-state index in [0.717, 1.165) is 32.1 Å². The second kappa shape index (κ2) is 9.22. The molecule has 1 aliphatic carbocycles. The smallest absolute Gasteiger partial charge is 0.337 e. The zero-order chi connectivity index (χ0) is 21.1. The number of hydrogen-bond acceptors (Lipinski definition) is 6. The maximum absolute atomic E-state index is 13.2. The van der Waals surface area contributed by atoms with Crippen LogP contribution >= 0.6 is 23.2 Å². The molecule has 7 nitrogen and oxygen atoms in total. The maximum atomic E-state index is 13.2. The van der Waals surface area contributed by atoms with Crippen molar-refractivity contribution in [1.29, 1.82) is 0 Å². The maximum Gasteiger partial charge on any atom is 0.337 e. The van der Waals surface area contributed by atoms with Gasteiger partial charge in [-0.05, 0) is 46.5 Å². The van der Waals surface area contributed by atoms with E-state index in [1.807, 2.05) is 0 Å². The van der Waals surface area contributed by atoms with Crippen LogP contribution in [0.3, 0.4) is 0 Å². The molecule has 1 atom stereocenters. The fourth-order valence-electron chi connectivity index (χ4n) is 3.90. The number of carbonyl (C=O) groups excluding carboxylic acids is 2. The van der Waals surface area contributed by atoms with E-state index in [2.05, 4.69) is 15.3 Å². The average Bonchev–Trinajstić information content (AvgIpc) is 3.00. The predicted octanol–water partition coefficient (Wildman–Crippen LogP) is 4.39. The van der Waals surface area contributed by atoms with Gasteiger partial charge in [-0.2, -0.15) is 0 Å². The van der Waals surface area contributed by atoms with E-state index in [0.29, 0.717) is 22.8 Å². The Bertz CT molecular complexity index is 850. The summed E-state index contributed by atoms with van der Waals surface area (Å²) in [6.07, 6.45) is 4.78. The van der Waals surface area contributed by atoms with Gasteiger partial charge in [0.2, 0.25) is 0 Å². The summed E-state index contributed by atoms with van der Waals surface area (Å²) in [5.74, 6) is -1.55. The highest BCUT2D eigenvalue weighted by atomic mass is 35.5. The van der Waals surface area contributed by atoms with Crippen molar-refractivity contribution in [2.45, 2.75) is 64.9 Å². The van der Waals surface area contributed by atoms with Crippen molar-refractivity contribution in [2.24, 2.45) is 0 Å². The van der Waals surface area contributed by atoms with E-state index in [4.69, 9.17) is 32.7 Å². The molecule has 3 rings (SSSR count). The van der Waals surface area contributed by atoms with Crippen molar-refractivity contribution >= 4 is 35.1 Å². The quantitative estimate of drug-likeness (QED) is 0.657. The number of esters is 2. The van der Waals surface area contributed by atoms with Crippen LogP contribution in [0.5, 0.6) is 0 Å². The van der Waals surface area contributed by atoms with Gasteiger partial charge in [0.25, 0.3) is 0 Å². The minimum absolute atomic E-state index is 0.0683. The van der Waals surface area contributed by atoms with Gasteiger partial charge in [0.1, 0.15) is 17.1 Å². The molecule has 2 N–H and O–H groups in total. The molecule has 0 spiro atoms. The van der Waals surface area contributed by atoms with Gasteiger partial charge in [-0.25, -0.2) is 14.6 Å². The van der Waals surface area contributed by atoms with Crippen LogP contribution in [0.2, 0.25) is 10.3 Å². The molecule has 2 heterocycles. The standard InChI is InChI=1S/C20H25Cl2N3O4/c1-4-28-19(26)13-10(2)23-11(3)14(15(13)18-24-16(21)17(22)25-18)20(27)29-12-8-6-5-7-9-12/h12,15,23H,4-9H2,1-3H3,(H,24,25). The van der Waals surface area contributed by atoms with Crippen molar-refractivity contribution in [3.63, 3.8) is 0 Å². The van der Waals surface area contributed by atoms with E-state index in [1.54, 1.807) is 20.8 Å². The molecule has 1 saturated carbocycles. The lowest BCUT2D eigenvalue weighted by Crippen LogP contribution is -2.34. The molecule has 1 aromatic rings. The van der Waals surface area contributed by atoms with Gasteiger partial charge in [0.15, 0.2) is 5.15 Å². The number of H-pyrrole nitrogens is 1. The third-order valence-corrected chi connectivity index (χ3v) is 5.86. The van der Waals surface area contributed by atoms with Crippen LogP contribution in [0.1, 0.15) is 64.6 Å². The monoisotopic (exact) mass is 441 g/mol. The van der Waals surface area contributed by atoms with E-state index in [9.17, 15) is 9.59 Å². The molecule has 29 heavy (non-hydrogen) atoms. The van der Waals surface area contributed by atoms with E-state index >= 15 is 0 Å². The molecule has 1 unspecified atom stereocenters. The molecular weight excluding hydrogens is 417 g/mol. The van der Waals surface area contributed by atoms with E-state index in [-0.39, 0.29) is 28.6 Å². The number of carbonyl (C=O) groups is 2. The molecule has 1 aliphatic heterocycles. The number of hydrogen-bond donors (Lipinski definition) is 2. The Morgan fingerprint density at radius 2 is 1.69 bits per heavy atom. The lowest BCUT2D eigenvalue weighted by molar-refractivity contribution is -0.146. The molecule has 0 amide bonds. The van der Waals surface area contributed by atoms with Crippen LogP contribution in [0.15, 0.2) is 22.5 Å². The Morgan fingerprint density at radius 3 is 2.24 bits per heavy atom. The Hall–Kier alpha value is -1.99. The summed E-state index contributed by atoms with van der Waals surface area (Å²) in [5, 5.41) is 3.31. The SMILES string of the molecule is CCOC(=O)C1=C(C)NC(C)=C(C(=O)OC2CCCCC2)C1c1nc(Cl)c(Cl)[nH]1. The number of imidazole rings is 1. The first-order valence-electron chi connectivity index (χ1n) is 9.81. The predicted molar refractivity (Wildman–Crippen MR) is 109 cm³/mol. The third-order valence-electron chi connectivity index (χ3n) is 5.21. The third kappa shape index (κ3) is 4.61. The number of aromatic nitrogens is 2. The van der Waals surface area contributed by atoms with Crippen LogP contribution in [0, 0.1) is 0 Å². The fraction of sp³-hybridized carbons (Fsp3) is 0.550. The van der Waals surface area contributed by atoms with E-state index < -0.39 is 17.9 Å². The van der Waals surface area contributed by atoms with Gasteiger partial charge in [-0.1, -0.05) is 29.6 Å². The second-order valence-electron chi connectivity index (χ2n) is 7.25. The molecule has 158 valence electrons. The number of aromatic amines is 1. The lowest BCUT2D eigenvalue weighted by atomic mass is 9.84. The first-order valence-corrected chi connectivity index (χ1v) is 10.6. The van der Waals surface area contributed by atoms with Crippen LogP contribution < -0.4 is 5.32 Å². The highest BCUT2D eigenvalue weighted by molar-refractivity contribution is 6.40. The summed E-state index contributed by atoms with van der Waals surface area (Å²) >= 11 is 12.1. The summed E-state index contributed by atoms with van der Waals surface area (Å²) in [6, 6.07) is 0. The largest absolute Gasteiger partial charge is 0.463 e. The molecule has 2 aliphatic rings. The Morgan fingerprint density at radius 1 is 1.07 bits per heavy atom. The summed E-state index contributed by atoms with van der Waals surface area (Å²) in [6.45, 7) is 5.44. The lowest BCUT2D eigenvalue weighted by Gasteiger charge is -2.30. The molecule has 0 saturated heterocycles. The fourth-order valence-corrected chi connectivity index (χ4v) is 4.18. The van der Waals surface area contributed by atoms with Crippen LogP contribution in [0.4, 0.5) is 0 Å².